The largest absolute Gasteiger partial charge is 0.340 e. The fourth-order valence-electron chi connectivity index (χ4n) is 4.39. The number of carbonyl (C=O) groups is 1. The molecule has 0 spiro atoms. The third-order valence-corrected chi connectivity index (χ3v) is 6.56. The molecular weight excluding hydrogens is 452 g/mol. The lowest BCUT2D eigenvalue weighted by atomic mass is 10.1. The average Bonchev–Trinajstić information content (AvgIpc) is 3.37. The number of piperazine rings is 1. The topological polar surface area (TPSA) is 80.3 Å². The molecule has 0 saturated carbocycles. The minimum absolute atomic E-state index is 0.206. The molecule has 8 nitrogen and oxygen atoms in total. The second-order valence-corrected chi connectivity index (χ2v) is 9.84. The Bertz CT molecular complexity index is 1110. The first-order valence-electron chi connectivity index (χ1n) is 11.9. The number of hydrogen-bond acceptors (Lipinski definition) is 6. The minimum Gasteiger partial charge on any atom is -0.340 e. The fraction of sp³-hybridized carbons (Fsp3) is 0.520. The molecule has 0 atom stereocenters. The van der Waals surface area contributed by atoms with Crippen LogP contribution in [0.15, 0.2) is 28.8 Å². The van der Waals surface area contributed by atoms with E-state index in [0.29, 0.717) is 48.7 Å². The van der Waals surface area contributed by atoms with Crippen LogP contribution < -0.4 is 0 Å². The van der Waals surface area contributed by atoms with Crippen LogP contribution in [0.4, 0.5) is 0 Å². The Morgan fingerprint density at radius 2 is 1.82 bits per heavy atom. The number of amides is 1. The summed E-state index contributed by atoms with van der Waals surface area (Å²) in [6.45, 7) is 13.0. The molecule has 1 saturated heterocycles. The van der Waals surface area contributed by atoms with Gasteiger partial charge in [-0.15, -0.1) is 0 Å². The molecule has 34 heavy (non-hydrogen) atoms. The van der Waals surface area contributed by atoms with Crippen molar-refractivity contribution in [2.24, 2.45) is 5.92 Å². The van der Waals surface area contributed by atoms with Gasteiger partial charge in [0.25, 0.3) is 0 Å². The first-order valence-corrected chi connectivity index (χ1v) is 12.3. The van der Waals surface area contributed by atoms with Crippen LogP contribution in [-0.4, -0.2) is 61.8 Å². The molecule has 0 radical (unpaired) electrons. The van der Waals surface area contributed by atoms with Gasteiger partial charge >= 0.3 is 0 Å². The molecular formula is C25H33ClN6O2. The molecule has 182 valence electrons. The van der Waals surface area contributed by atoms with Crippen molar-refractivity contribution in [3.05, 3.63) is 52.1 Å². The number of benzene rings is 1. The number of aromatic nitrogens is 4. The molecule has 2 aromatic heterocycles. The van der Waals surface area contributed by atoms with Crippen LogP contribution in [0.2, 0.25) is 5.02 Å². The molecule has 1 amide bonds. The monoisotopic (exact) mass is 484 g/mol. The molecule has 9 heteroatoms. The maximum atomic E-state index is 12.9. The SMILES string of the molecule is Cc1nn(CC(C)C)c(C)c1CCC(=O)N1CCN(Cc2nc(-c3ccc(Cl)cc3)no2)CC1. The predicted molar refractivity (Wildman–Crippen MR) is 131 cm³/mol. The summed E-state index contributed by atoms with van der Waals surface area (Å²) in [7, 11) is 0. The van der Waals surface area contributed by atoms with Crippen LogP contribution in [0.25, 0.3) is 11.4 Å². The average molecular weight is 485 g/mol. The fourth-order valence-corrected chi connectivity index (χ4v) is 4.52. The van der Waals surface area contributed by atoms with E-state index >= 15 is 0 Å². The van der Waals surface area contributed by atoms with Gasteiger partial charge in [0.1, 0.15) is 0 Å². The number of halogens is 1. The molecule has 3 heterocycles. The molecule has 0 bridgehead atoms. The minimum atomic E-state index is 0.206. The summed E-state index contributed by atoms with van der Waals surface area (Å²) < 4.78 is 7.52. The number of hydrogen-bond donors (Lipinski definition) is 0. The lowest BCUT2D eigenvalue weighted by Crippen LogP contribution is -2.48. The Balaban J connectivity index is 1.25. The zero-order chi connectivity index (χ0) is 24.2. The van der Waals surface area contributed by atoms with Gasteiger partial charge in [-0.3, -0.25) is 14.4 Å². The van der Waals surface area contributed by atoms with Gasteiger partial charge in [-0.1, -0.05) is 30.6 Å². The lowest BCUT2D eigenvalue weighted by molar-refractivity contribution is -0.133. The van der Waals surface area contributed by atoms with E-state index in [1.165, 1.54) is 11.3 Å². The highest BCUT2D eigenvalue weighted by Crippen LogP contribution is 2.20. The first-order chi connectivity index (χ1) is 16.3. The zero-order valence-electron chi connectivity index (χ0n) is 20.4. The Morgan fingerprint density at radius 3 is 2.50 bits per heavy atom. The van der Waals surface area contributed by atoms with Gasteiger partial charge in [0.05, 0.1) is 12.2 Å². The highest BCUT2D eigenvalue weighted by Gasteiger charge is 2.23. The van der Waals surface area contributed by atoms with Crippen LogP contribution in [0, 0.1) is 19.8 Å². The lowest BCUT2D eigenvalue weighted by Gasteiger charge is -2.34. The summed E-state index contributed by atoms with van der Waals surface area (Å²) in [5, 5.41) is 9.43. The highest BCUT2D eigenvalue weighted by atomic mass is 35.5. The van der Waals surface area contributed by atoms with E-state index in [-0.39, 0.29) is 5.91 Å². The predicted octanol–water partition coefficient (Wildman–Crippen LogP) is 4.14. The van der Waals surface area contributed by atoms with Crippen molar-refractivity contribution in [3.8, 4) is 11.4 Å². The van der Waals surface area contributed by atoms with E-state index in [2.05, 4.69) is 45.6 Å². The summed E-state index contributed by atoms with van der Waals surface area (Å²) >= 11 is 5.95. The third-order valence-electron chi connectivity index (χ3n) is 6.31. The standard InChI is InChI=1S/C25H33ClN6O2/c1-17(2)15-32-19(4)22(18(3)28-32)9-10-24(33)31-13-11-30(12-14-31)16-23-27-25(29-34-23)20-5-7-21(26)8-6-20/h5-8,17H,9-16H2,1-4H3. The van der Waals surface area contributed by atoms with Crippen molar-refractivity contribution in [1.82, 2.24) is 29.7 Å². The smallest absolute Gasteiger partial charge is 0.241 e. The molecule has 3 aromatic rings. The van der Waals surface area contributed by atoms with Crippen LogP contribution >= 0.6 is 11.6 Å². The number of rotatable bonds is 8. The van der Waals surface area contributed by atoms with Gasteiger partial charge in [-0.05, 0) is 56.0 Å². The van der Waals surface area contributed by atoms with Crippen molar-refractivity contribution in [3.63, 3.8) is 0 Å². The van der Waals surface area contributed by atoms with Gasteiger partial charge < -0.3 is 9.42 Å². The zero-order valence-corrected chi connectivity index (χ0v) is 21.2. The van der Waals surface area contributed by atoms with Gasteiger partial charge in [0, 0.05) is 55.4 Å². The maximum Gasteiger partial charge on any atom is 0.241 e. The van der Waals surface area contributed by atoms with E-state index in [4.69, 9.17) is 16.1 Å². The van der Waals surface area contributed by atoms with E-state index in [0.717, 1.165) is 37.3 Å². The van der Waals surface area contributed by atoms with Gasteiger partial charge in [-0.2, -0.15) is 10.1 Å². The molecule has 0 unspecified atom stereocenters. The van der Waals surface area contributed by atoms with E-state index < -0.39 is 0 Å². The molecule has 1 aliphatic heterocycles. The summed E-state index contributed by atoms with van der Waals surface area (Å²) in [5.74, 6) is 1.88. The van der Waals surface area contributed by atoms with E-state index in [1.807, 2.05) is 36.1 Å². The summed E-state index contributed by atoms with van der Waals surface area (Å²) in [5.41, 5.74) is 4.30. The Labute approximate surface area is 205 Å². The van der Waals surface area contributed by atoms with Gasteiger partial charge in [0.2, 0.25) is 17.6 Å². The number of carbonyl (C=O) groups excluding carboxylic acids is 1. The molecule has 1 fully saturated rings. The molecule has 1 aliphatic rings. The van der Waals surface area contributed by atoms with Gasteiger partial charge in [0.15, 0.2) is 0 Å². The maximum absolute atomic E-state index is 12.9. The second-order valence-electron chi connectivity index (χ2n) is 9.40. The Morgan fingerprint density at radius 1 is 1.12 bits per heavy atom. The highest BCUT2D eigenvalue weighted by molar-refractivity contribution is 6.30. The number of aryl methyl sites for hydroxylation is 1. The summed E-state index contributed by atoms with van der Waals surface area (Å²) in [4.78, 5) is 21.6. The van der Waals surface area contributed by atoms with Crippen molar-refractivity contribution >= 4 is 17.5 Å². The van der Waals surface area contributed by atoms with Crippen molar-refractivity contribution in [2.45, 2.75) is 53.6 Å². The second kappa shape index (κ2) is 10.7. The van der Waals surface area contributed by atoms with Crippen molar-refractivity contribution in [2.75, 3.05) is 26.2 Å². The molecule has 0 N–H and O–H groups in total. The third kappa shape index (κ3) is 5.85. The molecule has 1 aromatic carbocycles. The quantitative estimate of drug-likeness (QED) is 0.478. The molecule has 4 rings (SSSR count). The van der Waals surface area contributed by atoms with Crippen molar-refractivity contribution in [1.29, 1.82) is 0 Å². The van der Waals surface area contributed by atoms with Crippen LogP contribution in [0.5, 0.6) is 0 Å². The summed E-state index contributed by atoms with van der Waals surface area (Å²) in [6, 6.07) is 7.37. The van der Waals surface area contributed by atoms with E-state index in [9.17, 15) is 4.79 Å². The first kappa shape index (κ1) is 24.4. The van der Waals surface area contributed by atoms with Crippen LogP contribution in [0.3, 0.4) is 0 Å². The Hall–Kier alpha value is -2.71. The van der Waals surface area contributed by atoms with Crippen LogP contribution in [0.1, 0.15) is 43.1 Å². The van der Waals surface area contributed by atoms with Crippen molar-refractivity contribution < 1.29 is 9.32 Å². The van der Waals surface area contributed by atoms with E-state index in [1.54, 1.807) is 0 Å². The Kier molecular flexibility index (Phi) is 7.68. The van der Waals surface area contributed by atoms with Crippen LogP contribution in [-0.2, 0) is 24.3 Å². The number of nitrogens with zero attached hydrogens (tertiary/aromatic N) is 6. The summed E-state index contributed by atoms with van der Waals surface area (Å²) in [6.07, 6.45) is 1.26. The molecule has 0 aliphatic carbocycles. The normalized spacial score (nSPS) is 14.8. The van der Waals surface area contributed by atoms with Gasteiger partial charge in [-0.25, -0.2) is 0 Å².